The van der Waals surface area contributed by atoms with E-state index in [0.717, 1.165) is 28.8 Å². The van der Waals surface area contributed by atoms with Gasteiger partial charge in [-0.2, -0.15) is 0 Å². The molecule has 2 nitrogen and oxygen atoms in total. The van der Waals surface area contributed by atoms with Crippen molar-refractivity contribution in [2.24, 2.45) is 0 Å². The lowest BCUT2D eigenvalue weighted by molar-refractivity contribution is 0.102. The van der Waals surface area contributed by atoms with Gasteiger partial charge >= 0.3 is 0 Å². The molecule has 20 heavy (non-hydrogen) atoms. The smallest absolute Gasteiger partial charge is 0.257 e. The Kier molecular flexibility index (Phi) is 4.46. The van der Waals surface area contributed by atoms with Gasteiger partial charge in [-0.25, -0.2) is 0 Å². The molecule has 1 amide bonds. The van der Waals surface area contributed by atoms with Gasteiger partial charge in [-0.1, -0.05) is 48.4 Å². The summed E-state index contributed by atoms with van der Waals surface area (Å²) in [5.41, 5.74) is 4.60. The standard InChI is InChI=1S/C17H18ClNO/c1-4-13-7-5-6-12(3)16(13)19-17(20)14-10-11(2)8-9-15(14)18/h5-10H,4H2,1-3H3,(H,19,20). The quantitative estimate of drug-likeness (QED) is 0.865. The molecule has 0 spiro atoms. The molecule has 0 aliphatic rings. The van der Waals surface area contributed by atoms with Gasteiger partial charge in [0.05, 0.1) is 10.6 Å². The molecule has 0 aromatic heterocycles. The predicted molar refractivity (Wildman–Crippen MR) is 84.7 cm³/mol. The first-order valence-electron chi connectivity index (χ1n) is 6.69. The highest BCUT2D eigenvalue weighted by Gasteiger charge is 2.13. The van der Waals surface area contributed by atoms with Crippen molar-refractivity contribution < 1.29 is 4.79 Å². The van der Waals surface area contributed by atoms with E-state index in [1.807, 2.05) is 44.2 Å². The molecule has 0 bridgehead atoms. The Morgan fingerprint density at radius 3 is 2.65 bits per heavy atom. The number of nitrogens with one attached hydrogen (secondary N) is 1. The van der Waals surface area contributed by atoms with E-state index in [-0.39, 0.29) is 5.91 Å². The van der Waals surface area contributed by atoms with Crippen molar-refractivity contribution in [1.82, 2.24) is 0 Å². The van der Waals surface area contributed by atoms with E-state index in [1.54, 1.807) is 6.07 Å². The fourth-order valence-electron chi connectivity index (χ4n) is 2.20. The van der Waals surface area contributed by atoms with Crippen molar-refractivity contribution in [1.29, 1.82) is 0 Å². The molecule has 0 aliphatic carbocycles. The summed E-state index contributed by atoms with van der Waals surface area (Å²) in [7, 11) is 0. The summed E-state index contributed by atoms with van der Waals surface area (Å²) in [5, 5.41) is 3.46. The van der Waals surface area contributed by atoms with E-state index in [9.17, 15) is 4.79 Å². The molecule has 2 rings (SSSR count). The van der Waals surface area contributed by atoms with Crippen LogP contribution < -0.4 is 5.32 Å². The lowest BCUT2D eigenvalue weighted by atomic mass is 10.0. The van der Waals surface area contributed by atoms with E-state index < -0.39 is 0 Å². The van der Waals surface area contributed by atoms with Crippen LogP contribution in [0.5, 0.6) is 0 Å². The van der Waals surface area contributed by atoms with Gasteiger partial charge in [-0.3, -0.25) is 4.79 Å². The van der Waals surface area contributed by atoms with Gasteiger partial charge in [0, 0.05) is 5.69 Å². The molecule has 0 saturated carbocycles. The van der Waals surface area contributed by atoms with Crippen LogP contribution in [0.3, 0.4) is 0 Å². The topological polar surface area (TPSA) is 29.1 Å². The number of carbonyl (C=O) groups is 1. The van der Waals surface area contributed by atoms with E-state index >= 15 is 0 Å². The average molecular weight is 288 g/mol. The number of rotatable bonds is 3. The van der Waals surface area contributed by atoms with Crippen LogP contribution in [0.2, 0.25) is 5.02 Å². The summed E-state index contributed by atoms with van der Waals surface area (Å²) in [4.78, 5) is 12.4. The summed E-state index contributed by atoms with van der Waals surface area (Å²) < 4.78 is 0. The van der Waals surface area contributed by atoms with Crippen LogP contribution in [0.25, 0.3) is 0 Å². The Morgan fingerprint density at radius 1 is 1.20 bits per heavy atom. The predicted octanol–water partition coefficient (Wildman–Crippen LogP) is 4.77. The lowest BCUT2D eigenvalue weighted by Gasteiger charge is -2.13. The fraction of sp³-hybridized carbons (Fsp3) is 0.235. The second-order valence-corrected chi connectivity index (χ2v) is 5.31. The van der Waals surface area contributed by atoms with E-state index in [4.69, 9.17) is 11.6 Å². The van der Waals surface area contributed by atoms with E-state index in [1.165, 1.54) is 0 Å². The molecule has 0 radical (unpaired) electrons. The van der Waals surface area contributed by atoms with Gasteiger partial charge in [0.1, 0.15) is 0 Å². The van der Waals surface area contributed by atoms with Crippen molar-refractivity contribution in [3.8, 4) is 0 Å². The van der Waals surface area contributed by atoms with E-state index in [2.05, 4.69) is 12.2 Å². The number of halogens is 1. The molecular weight excluding hydrogens is 270 g/mol. The van der Waals surface area contributed by atoms with Gasteiger partial charge < -0.3 is 5.32 Å². The average Bonchev–Trinajstić information content (AvgIpc) is 2.43. The maximum atomic E-state index is 12.4. The Bertz CT molecular complexity index is 649. The first-order valence-corrected chi connectivity index (χ1v) is 7.06. The van der Waals surface area contributed by atoms with Crippen LogP contribution in [0.15, 0.2) is 36.4 Å². The number of anilines is 1. The number of hydrogen-bond acceptors (Lipinski definition) is 1. The Morgan fingerprint density at radius 2 is 1.95 bits per heavy atom. The minimum atomic E-state index is -0.164. The van der Waals surface area contributed by atoms with Gasteiger partial charge in [0.2, 0.25) is 0 Å². The van der Waals surface area contributed by atoms with Gasteiger partial charge in [0.15, 0.2) is 0 Å². The second kappa shape index (κ2) is 6.10. The third-order valence-corrected chi connectivity index (χ3v) is 3.67. The van der Waals surface area contributed by atoms with Crippen molar-refractivity contribution in [3.05, 3.63) is 63.7 Å². The highest BCUT2D eigenvalue weighted by molar-refractivity contribution is 6.34. The van der Waals surface area contributed by atoms with Crippen molar-refractivity contribution >= 4 is 23.2 Å². The number of benzene rings is 2. The minimum Gasteiger partial charge on any atom is -0.321 e. The number of amides is 1. The van der Waals surface area contributed by atoms with Crippen molar-refractivity contribution in [3.63, 3.8) is 0 Å². The third kappa shape index (κ3) is 3.02. The monoisotopic (exact) mass is 287 g/mol. The SMILES string of the molecule is CCc1cccc(C)c1NC(=O)c1cc(C)ccc1Cl. The van der Waals surface area contributed by atoms with E-state index in [0.29, 0.717) is 10.6 Å². The van der Waals surface area contributed by atoms with Gasteiger partial charge in [-0.05, 0) is 43.5 Å². The largest absolute Gasteiger partial charge is 0.321 e. The lowest BCUT2D eigenvalue weighted by Crippen LogP contribution is -2.15. The Balaban J connectivity index is 2.35. The molecule has 0 heterocycles. The molecule has 1 N–H and O–H groups in total. The van der Waals surface area contributed by atoms with Gasteiger partial charge in [0.25, 0.3) is 5.91 Å². The molecule has 0 atom stereocenters. The molecule has 104 valence electrons. The van der Waals surface area contributed by atoms with Crippen LogP contribution in [-0.2, 0) is 6.42 Å². The molecule has 0 unspecified atom stereocenters. The first kappa shape index (κ1) is 14.6. The molecule has 0 aliphatic heterocycles. The van der Waals surface area contributed by atoms with Crippen molar-refractivity contribution in [2.45, 2.75) is 27.2 Å². The first-order chi connectivity index (χ1) is 9.52. The third-order valence-electron chi connectivity index (χ3n) is 3.35. The van der Waals surface area contributed by atoms with Crippen LogP contribution in [-0.4, -0.2) is 5.91 Å². The van der Waals surface area contributed by atoms with Gasteiger partial charge in [-0.15, -0.1) is 0 Å². The Labute approximate surface area is 124 Å². The summed E-state index contributed by atoms with van der Waals surface area (Å²) >= 11 is 6.11. The summed E-state index contributed by atoms with van der Waals surface area (Å²) in [6.07, 6.45) is 0.874. The van der Waals surface area contributed by atoms with Crippen LogP contribution in [0, 0.1) is 13.8 Å². The minimum absolute atomic E-state index is 0.164. The van der Waals surface area contributed by atoms with Crippen molar-refractivity contribution in [2.75, 3.05) is 5.32 Å². The highest BCUT2D eigenvalue weighted by Crippen LogP contribution is 2.24. The Hall–Kier alpha value is -1.80. The zero-order chi connectivity index (χ0) is 14.7. The summed E-state index contributed by atoms with van der Waals surface area (Å²) in [6, 6.07) is 11.5. The van der Waals surface area contributed by atoms with Crippen LogP contribution in [0.1, 0.15) is 34.0 Å². The van der Waals surface area contributed by atoms with Crippen LogP contribution >= 0.6 is 11.6 Å². The number of aryl methyl sites for hydroxylation is 3. The normalized spacial score (nSPS) is 10.4. The number of carbonyl (C=O) groups excluding carboxylic acids is 1. The maximum absolute atomic E-state index is 12.4. The molecule has 2 aromatic rings. The summed E-state index contributed by atoms with van der Waals surface area (Å²) in [5.74, 6) is -0.164. The maximum Gasteiger partial charge on any atom is 0.257 e. The zero-order valence-corrected chi connectivity index (χ0v) is 12.7. The molecule has 0 saturated heterocycles. The second-order valence-electron chi connectivity index (χ2n) is 4.90. The fourth-order valence-corrected chi connectivity index (χ4v) is 2.40. The summed E-state index contributed by atoms with van der Waals surface area (Å²) in [6.45, 7) is 6.01. The molecule has 2 aromatic carbocycles. The number of para-hydroxylation sites is 1. The molecule has 0 fully saturated rings. The number of hydrogen-bond donors (Lipinski definition) is 1. The highest BCUT2D eigenvalue weighted by atomic mass is 35.5. The zero-order valence-electron chi connectivity index (χ0n) is 12.0. The molecular formula is C17H18ClNO. The van der Waals surface area contributed by atoms with Crippen LogP contribution in [0.4, 0.5) is 5.69 Å². The molecule has 3 heteroatoms.